The second kappa shape index (κ2) is 11.3. The smallest absolute Gasteiger partial charge is 0.319 e. The Labute approximate surface area is 211 Å². The van der Waals surface area contributed by atoms with Gasteiger partial charge in [-0.1, -0.05) is 43.2 Å². The summed E-state index contributed by atoms with van der Waals surface area (Å²) in [6.07, 6.45) is 4.83. The average Bonchev–Trinajstić information content (AvgIpc) is 3.52. The molecule has 2 fully saturated rings. The quantitative estimate of drug-likeness (QED) is 0.450. The van der Waals surface area contributed by atoms with Gasteiger partial charge in [0.05, 0.1) is 19.1 Å². The van der Waals surface area contributed by atoms with Crippen LogP contribution in [0.3, 0.4) is 0 Å². The number of rotatable bonds is 8. The highest BCUT2D eigenvalue weighted by atomic mass is 16.6. The third kappa shape index (κ3) is 5.82. The molecule has 1 saturated carbocycles. The van der Waals surface area contributed by atoms with Gasteiger partial charge in [-0.15, -0.1) is 0 Å². The predicted molar refractivity (Wildman–Crippen MR) is 136 cm³/mol. The van der Waals surface area contributed by atoms with E-state index in [0.29, 0.717) is 18.7 Å². The van der Waals surface area contributed by atoms with Gasteiger partial charge in [-0.2, -0.15) is 0 Å². The maximum atomic E-state index is 12.6. The Bertz CT molecular complexity index is 1060. The minimum absolute atomic E-state index is 0.0207. The number of urea groups is 1. The van der Waals surface area contributed by atoms with Crippen LogP contribution in [0.15, 0.2) is 48.5 Å². The summed E-state index contributed by atoms with van der Waals surface area (Å²) in [5.74, 6) is 0.652. The van der Waals surface area contributed by atoms with Crippen molar-refractivity contribution in [3.8, 4) is 5.75 Å². The molecule has 8 heteroatoms. The first kappa shape index (κ1) is 24.6. The van der Waals surface area contributed by atoms with Crippen molar-refractivity contribution in [1.82, 2.24) is 10.6 Å². The van der Waals surface area contributed by atoms with E-state index in [1.807, 2.05) is 48.5 Å². The van der Waals surface area contributed by atoms with Crippen LogP contribution in [0.4, 0.5) is 10.5 Å². The molecular formula is C28H35N3O5. The predicted octanol–water partition coefficient (Wildman–Crippen LogP) is 3.49. The Kier molecular flexibility index (Phi) is 7.72. The Hall–Kier alpha value is -3.10. The number of aliphatic hydroxyl groups excluding tert-OH is 1. The van der Waals surface area contributed by atoms with E-state index in [1.54, 1.807) is 0 Å². The summed E-state index contributed by atoms with van der Waals surface area (Å²) >= 11 is 0. The van der Waals surface area contributed by atoms with Crippen LogP contribution < -0.4 is 20.7 Å². The molecule has 2 heterocycles. The lowest BCUT2D eigenvalue weighted by molar-refractivity contribution is -0.142. The van der Waals surface area contributed by atoms with Crippen LogP contribution in [0, 0.1) is 0 Å². The van der Waals surface area contributed by atoms with Gasteiger partial charge in [-0.25, -0.2) is 4.79 Å². The Balaban J connectivity index is 1.19. The van der Waals surface area contributed by atoms with Crippen LogP contribution in [0.1, 0.15) is 55.6 Å². The molecule has 2 aromatic rings. The molecule has 0 spiro atoms. The van der Waals surface area contributed by atoms with Crippen molar-refractivity contribution in [1.29, 1.82) is 0 Å². The van der Waals surface area contributed by atoms with Gasteiger partial charge >= 0.3 is 6.03 Å². The fraction of sp³-hybridized carbons (Fsp3) is 0.500. The molecule has 1 aliphatic carbocycles. The fourth-order valence-electron chi connectivity index (χ4n) is 5.66. The first-order valence-corrected chi connectivity index (χ1v) is 13.0. The molecule has 4 N–H and O–H groups in total. The van der Waals surface area contributed by atoms with Gasteiger partial charge in [-0.3, -0.25) is 4.79 Å². The largest absolute Gasteiger partial charge is 0.487 e. The fourth-order valence-corrected chi connectivity index (χ4v) is 5.66. The summed E-state index contributed by atoms with van der Waals surface area (Å²) < 4.78 is 12.2. The average molecular weight is 494 g/mol. The van der Waals surface area contributed by atoms with E-state index >= 15 is 0 Å². The third-order valence-electron chi connectivity index (χ3n) is 7.44. The second-order valence-corrected chi connectivity index (χ2v) is 10.0. The standard InChI is InChI=1S/C28H35N3O5/c32-17-25-27-23(15-21(35-25)16-26(33)29-13-12-18-6-2-1-3-7-18)22-14-20(10-11-24(22)36-27)31-28(34)30-19-8-4-5-9-19/h1-3,6-7,10-11,14,19,21,23,25,27,32H,4-5,8-9,12-13,15-17H2,(H,29,33)(H2,30,31,34)/t21-,23+,25+,27-/m1/s1. The van der Waals surface area contributed by atoms with Gasteiger partial charge in [0, 0.05) is 29.8 Å². The molecule has 192 valence electrons. The lowest BCUT2D eigenvalue weighted by Crippen LogP contribution is -2.47. The molecule has 1 saturated heterocycles. The van der Waals surface area contributed by atoms with Crippen molar-refractivity contribution >= 4 is 17.6 Å². The van der Waals surface area contributed by atoms with Crippen molar-refractivity contribution < 1.29 is 24.2 Å². The lowest BCUT2D eigenvalue weighted by Gasteiger charge is -2.37. The van der Waals surface area contributed by atoms with Gasteiger partial charge in [0.25, 0.3) is 0 Å². The van der Waals surface area contributed by atoms with E-state index in [-0.39, 0.29) is 49.1 Å². The zero-order chi connectivity index (χ0) is 24.9. The summed E-state index contributed by atoms with van der Waals surface area (Å²) in [4.78, 5) is 25.1. The van der Waals surface area contributed by atoms with Crippen LogP contribution in [0.25, 0.3) is 0 Å². The zero-order valence-corrected chi connectivity index (χ0v) is 20.4. The molecule has 0 aromatic heterocycles. The maximum Gasteiger partial charge on any atom is 0.319 e. The molecule has 0 unspecified atom stereocenters. The molecule has 8 nitrogen and oxygen atoms in total. The molecule has 36 heavy (non-hydrogen) atoms. The third-order valence-corrected chi connectivity index (χ3v) is 7.44. The number of carbonyl (C=O) groups excluding carboxylic acids is 2. The normalized spacial score (nSPS) is 24.9. The molecule has 2 aromatic carbocycles. The van der Waals surface area contributed by atoms with Crippen LogP contribution in [0.5, 0.6) is 5.75 Å². The number of fused-ring (bicyclic) bond motifs is 3. The number of aliphatic hydroxyl groups is 1. The molecule has 3 amide bonds. The Morgan fingerprint density at radius 2 is 1.86 bits per heavy atom. The molecule has 2 aliphatic heterocycles. The van der Waals surface area contributed by atoms with Crippen molar-refractivity contribution in [3.05, 3.63) is 59.7 Å². The Morgan fingerprint density at radius 1 is 1.06 bits per heavy atom. The zero-order valence-electron chi connectivity index (χ0n) is 20.4. The SMILES string of the molecule is O=C(C[C@H]1C[C@H]2c3cc(NC(=O)NC4CCCC4)ccc3O[C@H]2[C@H](CO)O1)NCCc1ccccc1. The number of hydrogen-bond acceptors (Lipinski definition) is 5. The van der Waals surface area contributed by atoms with E-state index in [1.165, 1.54) is 5.56 Å². The van der Waals surface area contributed by atoms with Gasteiger partial charge in [0.1, 0.15) is 18.0 Å². The molecule has 4 atom stereocenters. The number of hydrogen-bond donors (Lipinski definition) is 4. The number of benzene rings is 2. The molecule has 0 bridgehead atoms. The summed E-state index contributed by atoms with van der Waals surface area (Å²) in [6.45, 7) is 0.380. The topological polar surface area (TPSA) is 109 Å². The molecule has 3 aliphatic rings. The van der Waals surface area contributed by atoms with Gasteiger partial charge in [0.2, 0.25) is 5.91 Å². The van der Waals surface area contributed by atoms with Gasteiger partial charge in [0.15, 0.2) is 0 Å². The minimum atomic E-state index is -0.514. The van der Waals surface area contributed by atoms with E-state index in [4.69, 9.17) is 9.47 Å². The number of carbonyl (C=O) groups is 2. The molecule has 5 rings (SSSR count). The van der Waals surface area contributed by atoms with Crippen molar-refractivity contribution in [3.63, 3.8) is 0 Å². The van der Waals surface area contributed by atoms with Crippen molar-refractivity contribution in [2.45, 2.75) is 75.2 Å². The number of amides is 3. The second-order valence-electron chi connectivity index (χ2n) is 10.0. The number of anilines is 1. The van der Waals surface area contributed by atoms with Crippen LogP contribution >= 0.6 is 0 Å². The van der Waals surface area contributed by atoms with E-state index in [0.717, 1.165) is 43.4 Å². The van der Waals surface area contributed by atoms with E-state index in [2.05, 4.69) is 16.0 Å². The van der Waals surface area contributed by atoms with Crippen LogP contribution in [-0.4, -0.2) is 54.6 Å². The van der Waals surface area contributed by atoms with Crippen LogP contribution in [-0.2, 0) is 16.0 Å². The van der Waals surface area contributed by atoms with Gasteiger partial charge in [-0.05, 0) is 49.4 Å². The molecular weight excluding hydrogens is 458 g/mol. The monoisotopic (exact) mass is 493 g/mol. The van der Waals surface area contributed by atoms with Crippen LogP contribution in [0.2, 0.25) is 0 Å². The minimum Gasteiger partial charge on any atom is -0.487 e. The lowest BCUT2D eigenvalue weighted by atomic mass is 9.84. The summed E-state index contributed by atoms with van der Waals surface area (Å²) in [7, 11) is 0. The highest BCUT2D eigenvalue weighted by molar-refractivity contribution is 5.89. The highest BCUT2D eigenvalue weighted by Crippen LogP contribution is 2.47. The number of nitrogens with one attached hydrogen (secondary N) is 3. The van der Waals surface area contributed by atoms with Crippen molar-refractivity contribution in [2.75, 3.05) is 18.5 Å². The maximum absolute atomic E-state index is 12.6. The first-order valence-electron chi connectivity index (χ1n) is 13.0. The summed E-state index contributed by atoms with van der Waals surface area (Å²) in [5, 5.41) is 19.0. The summed E-state index contributed by atoms with van der Waals surface area (Å²) in [6, 6.07) is 15.7. The van der Waals surface area contributed by atoms with E-state index < -0.39 is 6.10 Å². The van der Waals surface area contributed by atoms with Gasteiger partial charge < -0.3 is 30.5 Å². The first-order chi connectivity index (χ1) is 17.6. The van der Waals surface area contributed by atoms with Crippen molar-refractivity contribution in [2.24, 2.45) is 0 Å². The highest BCUT2D eigenvalue weighted by Gasteiger charge is 2.46. The molecule has 0 radical (unpaired) electrons. The Morgan fingerprint density at radius 3 is 2.64 bits per heavy atom. The summed E-state index contributed by atoms with van der Waals surface area (Å²) in [5.41, 5.74) is 2.86. The van der Waals surface area contributed by atoms with E-state index in [9.17, 15) is 14.7 Å². The number of ether oxygens (including phenoxy) is 2.